The van der Waals surface area contributed by atoms with Gasteiger partial charge in [0.1, 0.15) is 0 Å². The minimum Gasteiger partial charge on any atom is -0.329 e. The number of hydrogen-bond donors (Lipinski definition) is 1. The van der Waals surface area contributed by atoms with Crippen molar-refractivity contribution in [3.8, 4) is 0 Å². The summed E-state index contributed by atoms with van der Waals surface area (Å²) in [4.78, 5) is 2.49. The molecule has 0 bridgehead atoms. The van der Waals surface area contributed by atoms with Gasteiger partial charge in [-0.05, 0) is 55.0 Å². The predicted molar refractivity (Wildman–Crippen MR) is 92.0 cm³/mol. The van der Waals surface area contributed by atoms with E-state index in [9.17, 15) is 0 Å². The lowest BCUT2D eigenvalue weighted by atomic mass is 9.75. The lowest BCUT2D eigenvalue weighted by Crippen LogP contribution is -2.42. The summed E-state index contributed by atoms with van der Waals surface area (Å²) in [6.45, 7) is 9.83. The smallest absolute Gasteiger partial charge is 0.0595 e. The van der Waals surface area contributed by atoms with Crippen LogP contribution in [0.4, 0.5) is 0 Å². The molecule has 118 valence electrons. The molecule has 1 atom stereocenters. The van der Waals surface area contributed by atoms with Crippen molar-refractivity contribution in [1.82, 2.24) is 4.90 Å². The van der Waals surface area contributed by atoms with Gasteiger partial charge in [-0.15, -0.1) is 0 Å². The molecule has 0 amide bonds. The number of likely N-dealkylation sites (tertiary alicyclic amines) is 1. The van der Waals surface area contributed by atoms with Gasteiger partial charge in [-0.1, -0.05) is 50.0 Å². The average Bonchev–Trinajstić information content (AvgIpc) is 2.43. The van der Waals surface area contributed by atoms with E-state index in [4.69, 9.17) is 28.9 Å². The number of rotatable bonds is 3. The van der Waals surface area contributed by atoms with E-state index < -0.39 is 0 Å². The van der Waals surface area contributed by atoms with E-state index in [2.05, 4.69) is 25.7 Å². The number of nitrogens with zero attached hydrogens (tertiary/aromatic N) is 1. The molecule has 1 aromatic rings. The van der Waals surface area contributed by atoms with E-state index in [0.717, 1.165) is 19.0 Å². The van der Waals surface area contributed by atoms with Gasteiger partial charge in [-0.2, -0.15) is 0 Å². The van der Waals surface area contributed by atoms with E-state index in [-0.39, 0.29) is 6.04 Å². The highest BCUT2D eigenvalue weighted by Crippen LogP contribution is 2.37. The molecule has 1 aliphatic rings. The molecule has 0 spiro atoms. The fourth-order valence-corrected chi connectivity index (χ4v) is 3.60. The third kappa shape index (κ3) is 4.13. The summed E-state index contributed by atoms with van der Waals surface area (Å²) in [5, 5.41) is 1.21. The summed E-state index contributed by atoms with van der Waals surface area (Å²) < 4.78 is 0. The maximum Gasteiger partial charge on any atom is 0.0595 e. The van der Waals surface area contributed by atoms with Gasteiger partial charge in [-0.25, -0.2) is 0 Å². The second-order valence-electron chi connectivity index (χ2n) is 7.10. The second kappa shape index (κ2) is 6.87. The predicted octanol–water partition coefficient (Wildman–Crippen LogP) is 4.75. The van der Waals surface area contributed by atoms with Crippen LogP contribution in [-0.4, -0.2) is 24.5 Å². The fourth-order valence-electron chi connectivity index (χ4n) is 3.29. The molecule has 0 radical (unpaired) electrons. The van der Waals surface area contributed by atoms with Crippen LogP contribution in [0.3, 0.4) is 0 Å². The van der Waals surface area contributed by atoms with Gasteiger partial charge >= 0.3 is 0 Å². The normalized spacial score (nSPS) is 19.7. The van der Waals surface area contributed by atoms with Crippen molar-refractivity contribution in [2.24, 2.45) is 17.1 Å². The summed E-state index contributed by atoms with van der Waals surface area (Å²) in [5.41, 5.74) is 7.59. The van der Waals surface area contributed by atoms with Crippen LogP contribution in [0.5, 0.6) is 0 Å². The fraction of sp³-hybridized carbons (Fsp3) is 0.647. The molecule has 1 unspecified atom stereocenters. The molecule has 1 heterocycles. The Morgan fingerprint density at radius 3 is 2.29 bits per heavy atom. The molecule has 2 rings (SSSR count). The summed E-state index contributed by atoms with van der Waals surface area (Å²) in [6.07, 6.45) is 2.47. The van der Waals surface area contributed by atoms with Crippen LogP contribution >= 0.6 is 23.2 Å². The highest BCUT2D eigenvalue weighted by molar-refractivity contribution is 6.42. The molecule has 2 nitrogen and oxygen atoms in total. The Labute approximate surface area is 138 Å². The number of nitrogens with two attached hydrogens (primary N) is 1. The first kappa shape index (κ1) is 17.1. The van der Waals surface area contributed by atoms with Gasteiger partial charge in [0.05, 0.1) is 10.0 Å². The van der Waals surface area contributed by atoms with Crippen molar-refractivity contribution < 1.29 is 0 Å². The van der Waals surface area contributed by atoms with Crippen molar-refractivity contribution in [3.05, 3.63) is 33.8 Å². The van der Waals surface area contributed by atoms with Crippen LogP contribution in [0.2, 0.25) is 10.0 Å². The summed E-state index contributed by atoms with van der Waals surface area (Å²) >= 11 is 12.2. The highest BCUT2D eigenvalue weighted by Gasteiger charge is 2.31. The van der Waals surface area contributed by atoms with E-state index in [1.807, 2.05) is 18.2 Å². The Hall–Kier alpha value is -0.280. The van der Waals surface area contributed by atoms with Crippen LogP contribution in [0.1, 0.15) is 45.2 Å². The Balaban J connectivity index is 2.07. The van der Waals surface area contributed by atoms with Crippen LogP contribution < -0.4 is 5.73 Å². The maximum absolute atomic E-state index is 6.15. The van der Waals surface area contributed by atoms with Gasteiger partial charge in [0.15, 0.2) is 0 Å². The van der Waals surface area contributed by atoms with Crippen LogP contribution in [-0.2, 0) is 0 Å². The van der Waals surface area contributed by atoms with Crippen molar-refractivity contribution in [3.63, 3.8) is 0 Å². The molecule has 0 aliphatic carbocycles. The van der Waals surface area contributed by atoms with Crippen LogP contribution in [0.25, 0.3) is 0 Å². The molecule has 2 N–H and O–H groups in total. The SMILES string of the molecule is CC(C)(C)C1CCN(C(CN)c2ccc(Cl)c(Cl)c2)CC1. The molecule has 1 fully saturated rings. The Morgan fingerprint density at radius 2 is 1.81 bits per heavy atom. The summed E-state index contributed by atoms with van der Waals surface area (Å²) in [7, 11) is 0. The minimum absolute atomic E-state index is 0.237. The standard InChI is InChI=1S/C17H26Cl2N2/c1-17(2,3)13-6-8-21(9-7-13)16(11-20)12-4-5-14(18)15(19)10-12/h4-5,10,13,16H,6-9,11,20H2,1-3H3. The Bertz CT molecular complexity index is 474. The van der Waals surface area contributed by atoms with Gasteiger partial charge in [-0.3, -0.25) is 4.90 Å². The molecule has 1 saturated heterocycles. The number of halogens is 2. The molecular weight excluding hydrogens is 303 g/mol. The summed E-state index contributed by atoms with van der Waals surface area (Å²) in [5.74, 6) is 0.793. The largest absolute Gasteiger partial charge is 0.329 e. The number of benzene rings is 1. The quantitative estimate of drug-likeness (QED) is 0.867. The van der Waals surface area contributed by atoms with Gasteiger partial charge in [0.2, 0.25) is 0 Å². The first-order valence-electron chi connectivity index (χ1n) is 7.72. The van der Waals surface area contributed by atoms with Gasteiger partial charge in [0, 0.05) is 12.6 Å². The van der Waals surface area contributed by atoms with Crippen molar-refractivity contribution in [2.75, 3.05) is 19.6 Å². The molecule has 4 heteroatoms. The molecular formula is C17H26Cl2N2. The monoisotopic (exact) mass is 328 g/mol. The highest BCUT2D eigenvalue weighted by atomic mass is 35.5. The van der Waals surface area contributed by atoms with Crippen molar-refractivity contribution >= 4 is 23.2 Å². The molecule has 1 aromatic carbocycles. The van der Waals surface area contributed by atoms with E-state index in [0.29, 0.717) is 22.0 Å². The van der Waals surface area contributed by atoms with Gasteiger partial charge in [0.25, 0.3) is 0 Å². The maximum atomic E-state index is 6.15. The zero-order valence-corrected chi connectivity index (χ0v) is 14.7. The molecule has 0 aromatic heterocycles. The van der Waals surface area contributed by atoms with E-state index >= 15 is 0 Å². The third-order valence-corrected chi connectivity index (χ3v) is 5.49. The lowest BCUT2D eigenvalue weighted by Gasteiger charge is -2.41. The average molecular weight is 329 g/mol. The van der Waals surface area contributed by atoms with Crippen LogP contribution in [0.15, 0.2) is 18.2 Å². The van der Waals surface area contributed by atoms with E-state index in [1.54, 1.807) is 0 Å². The number of hydrogen-bond acceptors (Lipinski definition) is 2. The molecule has 1 aliphatic heterocycles. The van der Waals surface area contributed by atoms with E-state index in [1.165, 1.54) is 18.4 Å². The minimum atomic E-state index is 0.237. The first-order valence-corrected chi connectivity index (χ1v) is 8.47. The summed E-state index contributed by atoms with van der Waals surface area (Å²) in [6, 6.07) is 6.10. The zero-order chi connectivity index (χ0) is 15.6. The Morgan fingerprint density at radius 1 is 1.19 bits per heavy atom. The number of piperidine rings is 1. The first-order chi connectivity index (χ1) is 9.82. The molecule has 0 saturated carbocycles. The molecule has 21 heavy (non-hydrogen) atoms. The third-order valence-electron chi connectivity index (χ3n) is 4.75. The zero-order valence-electron chi connectivity index (χ0n) is 13.2. The topological polar surface area (TPSA) is 29.3 Å². The van der Waals surface area contributed by atoms with Crippen molar-refractivity contribution in [1.29, 1.82) is 0 Å². The lowest BCUT2D eigenvalue weighted by molar-refractivity contribution is 0.0846. The van der Waals surface area contributed by atoms with Crippen LogP contribution in [0, 0.1) is 11.3 Å². The van der Waals surface area contributed by atoms with Crippen molar-refractivity contribution in [2.45, 2.75) is 39.7 Å². The van der Waals surface area contributed by atoms with Gasteiger partial charge < -0.3 is 5.73 Å². The second-order valence-corrected chi connectivity index (χ2v) is 7.92. The Kier molecular flexibility index (Phi) is 5.59.